The molecule has 3 N–H and O–H groups in total. The average Bonchev–Trinajstić information content (AvgIpc) is 2.46. The monoisotopic (exact) mass is 315 g/mol. The Morgan fingerprint density at radius 3 is 2.48 bits per heavy atom. The topological polar surface area (TPSA) is 96.5 Å². The maximum absolute atomic E-state index is 12.0. The normalized spacial score (nSPS) is 11.1. The lowest BCUT2D eigenvalue weighted by Crippen LogP contribution is -2.38. The van der Waals surface area contributed by atoms with Gasteiger partial charge in [0.2, 0.25) is 15.9 Å². The Balaban J connectivity index is 2.54. The fourth-order valence-corrected chi connectivity index (χ4v) is 2.54. The smallest absolute Gasteiger partial charge is 0.241 e. The molecule has 1 rings (SSSR count). The molecule has 118 valence electrons. The predicted molar refractivity (Wildman–Crippen MR) is 80.7 cm³/mol. The molecular formula is C13H21N3O4S. The number of hydrogen-bond acceptors (Lipinski definition) is 5. The number of methoxy groups -OCH3 is 1. The van der Waals surface area contributed by atoms with Gasteiger partial charge in [-0.15, -0.1) is 0 Å². The van der Waals surface area contributed by atoms with Gasteiger partial charge in [-0.3, -0.25) is 4.79 Å². The van der Waals surface area contributed by atoms with E-state index in [2.05, 4.69) is 15.4 Å². The highest BCUT2D eigenvalue weighted by Crippen LogP contribution is 2.13. The van der Waals surface area contributed by atoms with Crippen LogP contribution in [0.3, 0.4) is 0 Å². The Bertz CT molecular complexity index is 543. The lowest BCUT2D eigenvalue weighted by Gasteiger charge is -2.08. The van der Waals surface area contributed by atoms with Gasteiger partial charge in [0.05, 0.1) is 18.0 Å². The first kappa shape index (κ1) is 17.4. The van der Waals surface area contributed by atoms with Crippen LogP contribution in [0.25, 0.3) is 0 Å². The van der Waals surface area contributed by atoms with Crippen molar-refractivity contribution in [2.45, 2.75) is 11.8 Å². The van der Waals surface area contributed by atoms with Crippen molar-refractivity contribution < 1.29 is 17.9 Å². The molecule has 1 aromatic rings. The van der Waals surface area contributed by atoms with Gasteiger partial charge < -0.3 is 15.4 Å². The third-order valence-corrected chi connectivity index (χ3v) is 4.01. The fourth-order valence-electron chi connectivity index (χ4n) is 1.55. The molecule has 0 spiro atoms. The fraction of sp³-hybridized carbons (Fsp3) is 0.462. The molecular weight excluding hydrogens is 294 g/mol. The molecule has 1 amide bonds. The van der Waals surface area contributed by atoms with Crippen molar-refractivity contribution in [3.63, 3.8) is 0 Å². The molecule has 1 aromatic carbocycles. The van der Waals surface area contributed by atoms with E-state index < -0.39 is 15.9 Å². The molecule has 0 atom stereocenters. The minimum absolute atomic E-state index is 0.119. The highest BCUT2D eigenvalue weighted by atomic mass is 32.2. The molecule has 0 aliphatic heterocycles. The summed E-state index contributed by atoms with van der Waals surface area (Å²) in [5.41, 5.74) is 0.841. The molecule has 0 aliphatic carbocycles. The van der Waals surface area contributed by atoms with E-state index in [1.165, 1.54) is 19.2 Å². The predicted octanol–water partition coefficient (Wildman–Crippen LogP) is 0.159. The molecule has 7 nitrogen and oxygen atoms in total. The molecule has 0 unspecified atom stereocenters. The van der Waals surface area contributed by atoms with Crippen molar-refractivity contribution in [3.8, 4) is 0 Å². The van der Waals surface area contributed by atoms with Crippen LogP contribution in [-0.2, 0) is 19.6 Å². The van der Waals surface area contributed by atoms with Crippen LogP contribution in [0.1, 0.15) is 6.92 Å². The summed E-state index contributed by atoms with van der Waals surface area (Å²) in [4.78, 5) is 11.6. The van der Waals surface area contributed by atoms with Crippen LogP contribution in [-0.4, -0.2) is 47.7 Å². The molecule has 0 saturated carbocycles. The summed E-state index contributed by atoms with van der Waals surface area (Å²) < 4.78 is 31.0. The van der Waals surface area contributed by atoms with Gasteiger partial charge in [0.1, 0.15) is 0 Å². The quantitative estimate of drug-likeness (QED) is 0.564. The van der Waals surface area contributed by atoms with E-state index in [1.54, 1.807) is 12.1 Å². The van der Waals surface area contributed by atoms with E-state index in [0.29, 0.717) is 13.2 Å². The molecule has 0 bridgehead atoms. The van der Waals surface area contributed by atoms with Gasteiger partial charge in [0, 0.05) is 25.9 Å². The number of ether oxygens (including phenoxy) is 1. The highest BCUT2D eigenvalue weighted by Gasteiger charge is 2.15. The van der Waals surface area contributed by atoms with Gasteiger partial charge in [0.25, 0.3) is 0 Å². The van der Waals surface area contributed by atoms with Gasteiger partial charge in [0.15, 0.2) is 0 Å². The number of hydrogen-bond donors (Lipinski definition) is 3. The number of amides is 1. The minimum Gasteiger partial charge on any atom is -0.385 e. The molecule has 21 heavy (non-hydrogen) atoms. The summed E-state index contributed by atoms with van der Waals surface area (Å²) in [5, 5.41) is 5.61. The molecule has 8 heteroatoms. The lowest BCUT2D eigenvalue weighted by atomic mass is 10.3. The van der Waals surface area contributed by atoms with E-state index in [9.17, 15) is 13.2 Å². The number of benzene rings is 1. The summed E-state index contributed by atoms with van der Waals surface area (Å²) in [7, 11) is -2.17. The zero-order chi connectivity index (χ0) is 15.7. The second-order valence-corrected chi connectivity index (χ2v) is 5.99. The summed E-state index contributed by atoms with van der Waals surface area (Å²) in [5.74, 6) is -0.403. The highest BCUT2D eigenvalue weighted by molar-refractivity contribution is 7.89. The molecule has 0 fully saturated rings. The van der Waals surface area contributed by atoms with E-state index >= 15 is 0 Å². The van der Waals surface area contributed by atoms with Gasteiger partial charge in [-0.1, -0.05) is 0 Å². The van der Waals surface area contributed by atoms with Crippen LogP contribution in [0.15, 0.2) is 29.2 Å². The van der Waals surface area contributed by atoms with Crippen LogP contribution in [0, 0.1) is 0 Å². The number of carbonyl (C=O) groups is 1. The number of rotatable bonds is 9. The summed E-state index contributed by atoms with van der Waals surface area (Å²) in [6, 6.07) is 6.33. The second kappa shape index (κ2) is 8.60. The molecule has 0 saturated heterocycles. The minimum atomic E-state index is -3.69. The third kappa shape index (κ3) is 6.11. The van der Waals surface area contributed by atoms with E-state index in [4.69, 9.17) is 4.74 Å². The van der Waals surface area contributed by atoms with Crippen LogP contribution in [0.5, 0.6) is 0 Å². The molecule has 0 aromatic heterocycles. The van der Waals surface area contributed by atoms with E-state index in [1.807, 2.05) is 6.92 Å². The summed E-state index contributed by atoms with van der Waals surface area (Å²) in [6.07, 6.45) is 0. The zero-order valence-corrected chi connectivity index (χ0v) is 13.0. The standard InChI is InChI=1S/C13H21N3O4S/c1-3-14-11-4-6-12(7-5-11)21(18,19)16-10-13(17)15-8-9-20-2/h4-7,14,16H,3,8-10H2,1-2H3,(H,15,17). The largest absolute Gasteiger partial charge is 0.385 e. The zero-order valence-electron chi connectivity index (χ0n) is 12.2. The van der Waals surface area contributed by atoms with Gasteiger partial charge in [-0.2, -0.15) is 0 Å². The van der Waals surface area contributed by atoms with Crippen molar-refractivity contribution in [2.24, 2.45) is 0 Å². The maximum atomic E-state index is 12.0. The van der Waals surface area contributed by atoms with Crippen molar-refractivity contribution in [2.75, 3.05) is 38.7 Å². The Kier molecular flexibility index (Phi) is 7.13. The lowest BCUT2D eigenvalue weighted by molar-refractivity contribution is -0.120. The first-order valence-corrected chi connectivity index (χ1v) is 8.07. The van der Waals surface area contributed by atoms with Crippen LogP contribution < -0.4 is 15.4 Å². The van der Waals surface area contributed by atoms with Crippen molar-refractivity contribution >= 4 is 21.6 Å². The maximum Gasteiger partial charge on any atom is 0.241 e. The SMILES string of the molecule is CCNc1ccc(S(=O)(=O)NCC(=O)NCCOC)cc1. The van der Waals surface area contributed by atoms with Crippen LogP contribution >= 0.6 is 0 Å². The molecule has 0 heterocycles. The van der Waals surface area contributed by atoms with Gasteiger partial charge in [-0.05, 0) is 31.2 Å². The number of sulfonamides is 1. The van der Waals surface area contributed by atoms with Crippen LogP contribution in [0.4, 0.5) is 5.69 Å². The Morgan fingerprint density at radius 1 is 1.24 bits per heavy atom. The molecule has 0 aliphatic rings. The number of anilines is 1. The third-order valence-electron chi connectivity index (χ3n) is 2.60. The van der Waals surface area contributed by atoms with Gasteiger partial charge in [-0.25, -0.2) is 13.1 Å². The Hall–Kier alpha value is -1.64. The average molecular weight is 315 g/mol. The Morgan fingerprint density at radius 2 is 1.90 bits per heavy atom. The summed E-state index contributed by atoms with van der Waals surface area (Å²) in [6.45, 7) is 3.13. The first-order chi connectivity index (χ1) is 9.99. The molecule has 0 radical (unpaired) electrons. The van der Waals surface area contributed by atoms with Crippen molar-refractivity contribution in [1.29, 1.82) is 0 Å². The second-order valence-electron chi connectivity index (χ2n) is 4.22. The van der Waals surface area contributed by atoms with Crippen molar-refractivity contribution in [1.82, 2.24) is 10.0 Å². The van der Waals surface area contributed by atoms with E-state index in [-0.39, 0.29) is 11.4 Å². The van der Waals surface area contributed by atoms with E-state index in [0.717, 1.165) is 12.2 Å². The van der Waals surface area contributed by atoms with Crippen molar-refractivity contribution in [3.05, 3.63) is 24.3 Å². The first-order valence-electron chi connectivity index (χ1n) is 6.59. The number of nitrogens with one attached hydrogen (secondary N) is 3. The summed E-state index contributed by atoms with van der Waals surface area (Å²) >= 11 is 0. The van der Waals surface area contributed by atoms with Gasteiger partial charge >= 0.3 is 0 Å². The Labute approximate surface area is 125 Å². The number of carbonyl (C=O) groups excluding carboxylic acids is 1. The van der Waals surface area contributed by atoms with Crippen LogP contribution in [0.2, 0.25) is 0 Å².